The Bertz CT molecular complexity index is 1200. The zero-order valence-electron chi connectivity index (χ0n) is 16.3. The number of carboxylic acids is 1. The van der Waals surface area contributed by atoms with E-state index in [-0.39, 0.29) is 11.3 Å². The van der Waals surface area contributed by atoms with E-state index >= 15 is 0 Å². The van der Waals surface area contributed by atoms with Crippen molar-refractivity contribution in [1.82, 2.24) is 9.78 Å². The number of nitrogens with one attached hydrogen (secondary N) is 2. The topological polar surface area (TPSA) is 96.3 Å². The van der Waals surface area contributed by atoms with Crippen molar-refractivity contribution in [2.45, 2.75) is 19.9 Å². The Labute approximate surface area is 178 Å². The fourth-order valence-corrected chi connectivity index (χ4v) is 3.59. The third-order valence-corrected chi connectivity index (χ3v) is 5.44. The van der Waals surface area contributed by atoms with Gasteiger partial charge in [-0.2, -0.15) is 5.10 Å². The molecule has 0 saturated carbocycles. The fourth-order valence-electron chi connectivity index (χ4n) is 3.34. The van der Waals surface area contributed by atoms with Crippen molar-refractivity contribution >= 4 is 35.0 Å². The van der Waals surface area contributed by atoms with E-state index in [1.807, 2.05) is 38.1 Å². The van der Waals surface area contributed by atoms with Gasteiger partial charge in [0.05, 0.1) is 6.20 Å². The van der Waals surface area contributed by atoms with Crippen LogP contribution in [-0.2, 0) is 4.79 Å². The first-order valence-corrected chi connectivity index (χ1v) is 9.65. The Morgan fingerprint density at radius 1 is 1.17 bits per heavy atom. The lowest BCUT2D eigenvalue weighted by molar-refractivity contribution is -0.132. The second kappa shape index (κ2) is 7.68. The number of carboxylic acid groups (broad SMARTS) is 1. The maximum atomic E-state index is 12.9. The maximum Gasteiger partial charge on any atom is 0.352 e. The Morgan fingerprint density at radius 2 is 1.93 bits per heavy atom. The molecule has 0 radical (unpaired) electrons. The van der Waals surface area contributed by atoms with Gasteiger partial charge in [-0.15, -0.1) is 0 Å². The number of halogens is 1. The average Bonchev–Trinajstić information content (AvgIpc) is 3.15. The van der Waals surface area contributed by atoms with E-state index in [0.29, 0.717) is 22.1 Å². The van der Waals surface area contributed by atoms with Crippen LogP contribution >= 0.6 is 11.6 Å². The lowest BCUT2D eigenvalue weighted by Crippen LogP contribution is -2.25. The summed E-state index contributed by atoms with van der Waals surface area (Å²) in [5.41, 5.74) is 3.69. The summed E-state index contributed by atoms with van der Waals surface area (Å²) < 4.78 is 1.56. The van der Waals surface area contributed by atoms with Gasteiger partial charge in [-0.25, -0.2) is 9.48 Å². The molecule has 30 heavy (non-hydrogen) atoms. The van der Waals surface area contributed by atoms with Gasteiger partial charge in [0, 0.05) is 10.7 Å². The molecule has 1 aliphatic heterocycles. The van der Waals surface area contributed by atoms with Crippen LogP contribution < -0.4 is 10.6 Å². The molecule has 2 heterocycles. The second-order valence-corrected chi connectivity index (χ2v) is 7.49. The number of allylic oxidation sites excluding steroid dienone is 1. The summed E-state index contributed by atoms with van der Waals surface area (Å²) in [6.45, 7) is 3.96. The monoisotopic (exact) mass is 422 g/mol. The first kappa shape index (κ1) is 19.7. The zero-order valence-corrected chi connectivity index (χ0v) is 17.1. The molecule has 2 aromatic carbocycles. The van der Waals surface area contributed by atoms with Gasteiger partial charge >= 0.3 is 5.97 Å². The van der Waals surface area contributed by atoms with Crippen LogP contribution in [0.5, 0.6) is 0 Å². The molecule has 0 spiro atoms. The van der Waals surface area contributed by atoms with Gasteiger partial charge in [0.1, 0.15) is 23.1 Å². The van der Waals surface area contributed by atoms with Crippen molar-refractivity contribution in [3.05, 3.63) is 87.7 Å². The molecule has 0 saturated heterocycles. The summed E-state index contributed by atoms with van der Waals surface area (Å²) >= 11 is 6.34. The van der Waals surface area contributed by atoms with Crippen LogP contribution in [0.3, 0.4) is 0 Å². The highest BCUT2D eigenvalue weighted by atomic mass is 35.5. The maximum absolute atomic E-state index is 12.9. The predicted molar refractivity (Wildman–Crippen MR) is 115 cm³/mol. The minimum Gasteiger partial charge on any atom is -0.477 e. The number of aliphatic carboxylic acids is 1. The van der Waals surface area contributed by atoms with E-state index in [0.717, 1.165) is 11.1 Å². The quantitative estimate of drug-likeness (QED) is 0.579. The molecule has 1 unspecified atom stereocenters. The molecule has 8 heteroatoms. The molecule has 0 aliphatic carbocycles. The molecule has 7 nitrogen and oxygen atoms in total. The highest BCUT2D eigenvalue weighted by Crippen LogP contribution is 2.35. The van der Waals surface area contributed by atoms with Gasteiger partial charge in [-0.05, 0) is 54.8 Å². The Balaban J connectivity index is 1.73. The van der Waals surface area contributed by atoms with Crippen molar-refractivity contribution < 1.29 is 14.7 Å². The standard InChI is InChI=1S/C22H19ClN4O3/c1-12-7-8-14(9-13(12)2)25-21(28)16-11-24-27-19(15-5-3-4-6-17(15)23)10-18(22(29)30)26-20(16)27/h3-11,19,26H,1-2H3,(H,25,28)(H,29,30). The average molecular weight is 423 g/mol. The molecule has 4 rings (SSSR count). The number of amides is 1. The number of nitrogens with zero attached hydrogens (tertiary/aromatic N) is 2. The van der Waals surface area contributed by atoms with Crippen LogP contribution in [0.15, 0.2) is 60.4 Å². The molecule has 152 valence electrons. The lowest BCUT2D eigenvalue weighted by Gasteiger charge is -2.25. The summed E-state index contributed by atoms with van der Waals surface area (Å²) in [5.74, 6) is -1.24. The summed E-state index contributed by atoms with van der Waals surface area (Å²) in [4.78, 5) is 24.6. The highest BCUT2D eigenvalue weighted by molar-refractivity contribution is 6.31. The molecule has 3 N–H and O–H groups in total. The van der Waals surface area contributed by atoms with E-state index in [4.69, 9.17) is 11.6 Å². The fraction of sp³-hybridized carbons (Fsp3) is 0.136. The Hall–Kier alpha value is -3.58. The molecule has 0 bridgehead atoms. The van der Waals surface area contributed by atoms with Crippen LogP contribution in [-0.4, -0.2) is 26.8 Å². The first-order chi connectivity index (χ1) is 14.3. The Morgan fingerprint density at radius 3 is 2.63 bits per heavy atom. The van der Waals surface area contributed by atoms with Gasteiger partial charge in [0.2, 0.25) is 0 Å². The van der Waals surface area contributed by atoms with Crippen molar-refractivity contribution in [3.8, 4) is 0 Å². The van der Waals surface area contributed by atoms with Gasteiger partial charge in [-0.3, -0.25) is 4.79 Å². The van der Waals surface area contributed by atoms with Crippen LogP contribution in [0.1, 0.15) is 33.1 Å². The summed E-state index contributed by atoms with van der Waals surface area (Å²) in [5, 5.41) is 20.0. The van der Waals surface area contributed by atoms with E-state index < -0.39 is 17.9 Å². The number of anilines is 2. The number of rotatable bonds is 4. The van der Waals surface area contributed by atoms with Gasteiger partial charge in [-0.1, -0.05) is 35.9 Å². The Kier molecular flexibility index (Phi) is 5.05. The summed E-state index contributed by atoms with van der Waals surface area (Å²) in [6, 6.07) is 12.2. The molecule has 1 aromatic heterocycles. The number of hydrogen-bond donors (Lipinski definition) is 3. The van der Waals surface area contributed by atoms with E-state index in [1.54, 1.807) is 22.9 Å². The van der Waals surface area contributed by atoms with Gasteiger partial charge in [0.25, 0.3) is 5.91 Å². The lowest BCUT2D eigenvalue weighted by atomic mass is 10.0. The van der Waals surface area contributed by atoms with Crippen molar-refractivity contribution in [1.29, 1.82) is 0 Å². The summed E-state index contributed by atoms with van der Waals surface area (Å²) in [7, 11) is 0. The van der Waals surface area contributed by atoms with Gasteiger partial charge < -0.3 is 15.7 Å². The van der Waals surface area contributed by atoms with Crippen LogP contribution in [0.25, 0.3) is 0 Å². The largest absolute Gasteiger partial charge is 0.477 e. The van der Waals surface area contributed by atoms with E-state index in [2.05, 4.69) is 15.7 Å². The van der Waals surface area contributed by atoms with Crippen molar-refractivity contribution in [2.24, 2.45) is 0 Å². The van der Waals surface area contributed by atoms with E-state index in [1.165, 1.54) is 12.3 Å². The first-order valence-electron chi connectivity index (χ1n) is 9.28. The molecular formula is C22H19ClN4O3. The number of carbonyl (C=O) groups excluding carboxylic acids is 1. The normalized spacial score (nSPS) is 15.0. The number of carbonyl (C=O) groups is 2. The molecular weight excluding hydrogens is 404 g/mol. The second-order valence-electron chi connectivity index (χ2n) is 7.08. The van der Waals surface area contributed by atoms with Crippen LogP contribution in [0, 0.1) is 13.8 Å². The smallest absolute Gasteiger partial charge is 0.352 e. The van der Waals surface area contributed by atoms with Gasteiger partial charge in [0.15, 0.2) is 0 Å². The summed E-state index contributed by atoms with van der Waals surface area (Å²) in [6.07, 6.45) is 2.94. The molecule has 1 atom stereocenters. The minimum absolute atomic E-state index is 0.0480. The van der Waals surface area contributed by atoms with E-state index in [9.17, 15) is 14.7 Å². The number of hydrogen-bond acceptors (Lipinski definition) is 4. The van der Waals surface area contributed by atoms with Crippen LogP contribution in [0.2, 0.25) is 5.02 Å². The number of benzene rings is 2. The number of aromatic nitrogens is 2. The van der Waals surface area contributed by atoms with Crippen molar-refractivity contribution in [2.75, 3.05) is 10.6 Å². The van der Waals surface area contributed by atoms with Crippen molar-refractivity contribution in [3.63, 3.8) is 0 Å². The number of aryl methyl sites for hydroxylation is 2. The number of fused-ring (bicyclic) bond motifs is 1. The van der Waals surface area contributed by atoms with Crippen LogP contribution in [0.4, 0.5) is 11.5 Å². The predicted octanol–water partition coefficient (Wildman–Crippen LogP) is 4.39. The zero-order chi connectivity index (χ0) is 21.4. The highest BCUT2D eigenvalue weighted by Gasteiger charge is 2.30. The molecule has 1 aliphatic rings. The third kappa shape index (κ3) is 3.55. The minimum atomic E-state index is -1.14. The third-order valence-electron chi connectivity index (χ3n) is 5.10. The molecule has 0 fully saturated rings. The SMILES string of the molecule is Cc1ccc(NC(=O)c2cnn3c2NC(C(=O)O)=CC3c2ccccc2Cl)cc1C. The molecule has 1 amide bonds. The molecule has 3 aromatic rings.